The lowest BCUT2D eigenvalue weighted by Crippen LogP contribution is -2.24. The number of carbonyl (C=O) groups is 1. The molecule has 1 fully saturated rings. The summed E-state index contributed by atoms with van der Waals surface area (Å²) in [5.41, 5.74) is 0.295. The van der Waals surface area contributed by atoms with E-state index in [1.807, 2.05) is 0 Å². The average Bonchev–Trinajstić information content (AvgIpc) is 2.34. The Bertz CT molecular complexity index is 395. The number of carbonyl (C=O) groups excluding carboxylic acids is 1. The lowest BCUT2D eigenvalue weighted by molar-refractivity contribution is 0.109. The topological polar surface area (TPSA) is 26.3 Å². The fourth-order valence-electron chi connectivity index (χ4n) is 2.26. The van der Waals surface area contributed by atoms with Gasteiger partial charge in [0.25, 0.3) is 0 Å². The predicted molar refractivity (Wildman–Crippen MR) is 63.8 cm³/mol. The van der Waals surface area contributed by atoms with E-state index >= 15 is 0 Å². The Morgan fingerprint density at radius 2 is 2.00 bits per heavy atom. The third-order valence-electron chi connectivity index (χ3n) is 3.37. The number of halogens is 1. The lowest BCUT2D eigenvalue weighted by Gasteiger charge is -2.27. The first-order valence-corrected chi connectivity index (χ1v) is 6.11. The number of hydrogen-bond acceptors (Lipinski definition) is 2. The van der Waals surface area contributed by atoms with Crippen LogP contribution in [0.3, 0.4) is 0 Å². The maximum Gasteiger partial charge on any atom is 0.165 e. The van der Waals surface area contributed by atoms with E-state index in [4.69, 9.17) is 4.74 Å². The summed E-state index contributed by atoms with van der Waals surface area (Å²) in [5.74, 6) is 0.385. The first-order chi connectivity index (χ1) is 8.20. The lowest BCUT2D eigenvalue weighted by atomic mass is 9.89. The molecule has 0 aromatic heterocycles. The molecular formula is C14H17FO2. The van der Waals surface area contributed by atoms with Gasteiger partial charge in [0.05, 0.1) is 11.7 Å². The van der Waals surface area contributed by atoms with E-state index < -0.39 is 5.82 Å². The van der Waals surface area contributed by atoms with E-state index in [2.05, 4.69) is 6.92 Å². The van der Waals surface area contributed by atoms with Crippen molar-refractivity contribution in [3.8, 4) is 5.75 Å². The second kappa shape index (κ2) is 5.30. The van der Waals surface area contributed by atoms with Gasteiger partial charge in [-0.25, -0.2) is 4.39 Å². The molecule has 1 saturated carbocycles. The molecule has 1 aliphatic carbocycles. The van der Waals surface area contributed by atoms with Crippen LogP contribution in [-0.2, 0) is 0 Å². The molecule has 0 bridgehead atoms. The van der Waals surface area contributed by atoms with E-state index in [0.29, 0.717) is 11.8 Å². The first kappa shape index (κ1) is 12.1. The number of aldehydes is 1. The third kappa shape index (κ3) is 2.84. The van der Waals surface area contributed by atoms with Crippen molar-refractivity contribution < 1.29 is 13.9 Å². The molecule has 2 rings (SSSR count). The van der Waals surface area contributed by atoms with E-state index in [-0.39, 0.29) is 11.9 Å². The normalized spacial score (nSPS) is 24.4. The molecule has 1 aromatic rings. The van der Waals surface area contributed by atoms with Crippen LogP contribution in [0.5, 0.6) is 5.75 Å². The van der Waals surface area contributed by atoms with E-state index in [1.54, 1.807) is 6.07 Å². The minimum absolute atomic E-state index is 0.0433. The van der Waals surface area contributed by atoms with Gasteiger partial charge < -0.3 is 4.74 Å². The summed E-state index contributed by atoms with van der Waals surface area (Å²) in [6.07, 6.45) is 4.78. The fourth-order valence-corrected chi connectivity index (χ4v) is 2.26. The van der Waals surface area contributed by atoms with E-state index in [0.717, 1.165) is 31.6 Å². The monoisotopic (exact) mass is 236 g/mol. The summed E-state index contributed by atoms with van der Waals surface area (Å²) >= 11 is 0. The Kier molecular flexibility index (Phi) is 3.77. The minimum atomic E-state index is -0.451. The average molecular weight is 236 g/mol. The summed E-state index contributed by atoms with van der Waals surface area (Å²) in [6.45, 7) is 2.22. The van der Waals surface area contributed by atoms with Crippen LogP contribution >= 0.6 is 0 Å². The van der Waals surface area contributed by atoms with Gasteiger partial charge in [-0.05, 0) is 43.7 Å². The Labute approximate surface area is 101 Å². The quantitative estimate of drug-likeness (QED) is 0.749. The van der Waals surface area contributed by atoms with Crippen LogP contribution in [0.2, 0.25) is 0 Å². The van der Waals surface area contributed by atoms with Crippen molar-refractivity contribution in [2.24, 2.45) is 5.92 Å². The molecule has 0 saturated heterocycles. The molecule has 1 aliphatic rings. The summed E-state index contributed by atoms with van der Waals surface area (Å²) in [7, 11) is 0. The van der Waals surface area contributed by atoms with Crippen LogP contribution in [0.25, 0.3) is 0 Å². The summed E-state index contributed by atoms with van der Waals surface area (Å²) < 4.78 is 19.2. The summed E-state index contributed by atoms with van der Waals surface area (Å²) in [6, 6.07) is 4.43. The van der Waals surface area contributed by atoms with Crippen molar-refractivity contribution in [1.82, 2.24) is 0 Å². The van der Waals surface area contributed by atoms with Crippen LogP contribution in [0.4, 0.5) is 4.39 Å². The van der Waals surface area contributed by atoms with Gasteiger partial charge in [-0.3, -0.25) is 4.79 Å². The molecule has 92 valence electrons. The van der Waals surface area contributed by atoms with E-state index in [1.165, 1.54) is 12.1 Å². The molecule has 0 unspecified atom stereocenters. The van der Waals surface area contributed by atoms with Crippen molar-refractivity contribution in [3.63, 3.8) is 0 Å². The molecule has 0 atom stereocenters. The van der Waals surface area contributed by atoms with Gasteiger partial charge in [0.1, 0.15) is 0 Å². The van der Waals surface area contributed by atoms with Crippen molar-refractivity contribution in [1.29, 1.82) is 0 Å². The molecule has 0 radical (unpaired) electrons. The van der Waals surface area contributed by atoms with Gasteiger partial charge in [0, 0.05) is 0 Å². The zero-order valence-corrected chi connectivity index (χ0v) is 9.99. The Morgan fingerprint density at radius 1 is 1.29 bits per heavy atom. The number of rotatable bonds is 3. The van der Waals surface area contributed by atoms with Gasteiger partial charge in [0.15, 0.2) is 17.9 Å². The number of hydrogen-bond donors (Lipinski definition) is 0. The third-order valence-corrected chi connectivity index (χ3v) is 3.37. The second-order valence-corrected chi connectivity index (χ2v) is 4.78. The molecular weight excluding hydrogens is 219 g/mol. The Hall–Kier alpha value is -1.38. The largest absolute Gasteiger partial charge is 0.487 e. The molecule has 0 spiro atoms. The highest BCUT2D eigenvalue weighted by Crippen LogP contribution is 2.29. The highest BCUT2D eigenvalue weighted by Gasteiger charge is 2.21. The minimum Gasteiger partial charge on any atom is -0.487 e. The Morgan fingerprint density at radius 3 is 2.65 bits per heavy atom. The van der Waals surface area contributed by atoms with Crippen molar-refractivity contribution in [3.05, 3.63) is 29.6 Å². The molecule has 1 aromatic carbocycles. The van der Waals surface area contributed by atoms with Crippen molar-refractivity contribution in [2.45, 2.75) is 38.7 Å². The van der Waals surface area contributed by atoms with Crippen LogP contribution < -0.4 is 4.74 Å². The Balaban J connectivity index is 2.10. The van der Waals surface area contributed by atoms with Gasteiger partial charge in [-0.2, -0.15) is 0 Å². The molecule has 3 heteroatoms. The number of ether oxygens (including phenoxy) is 1. The van der Waals surface area contributed by atoms with Gasteiger partial charge in [-0.15, -0.1) is 0 Å². The molecule has 0 heterocycles. The molecule has 0 N–H and O–H groups in total. The molecule has 0 amide bonds. The fraction of sp³-hybridized carbons (Fsp3) is 0.500. The van der Waals surface area contributed by atoms with Crippen LogP contribution in [-0.4, -0.2) is 12.4 Å². The summed E-state index contributed by atoms with van der Waals surface area (Å²) in [4.78, 5) is 10.8. The molecule has 0 aliphatic heterocycles. The summed E-state index contributed by atoms with van der Waals surface area (Å²) in [5, 5.41) is 0. The highest BCUT2D eigenvalue weighted by molar-refractivity contribution is 5.79. The van der Waals surface area contributed by atoms with Crippen molar-refractivity contribution >= 4 is 6.29 Å². The number of benzene rings is 1. The standard InChI is InChI=1S/C14H17FO2/c1-10-5-7-12(8-6-10)17-14-11(9-16)3-2-4-13(14)15/h2-4,9-10,12H,5-8H2,1H3. The van der Waals surface area contributed by atoms with Crippen LogP contribution in [0.1, 0.15) is 43.0 Å². The number of para-hydroxylation sites is 1. The second-order valence-electron chi connectivity index (χ2n) is 4.78. The van der Waals surface area contributed by atoms with Gasteiger partial charge in [0.2, 0.25) is 0 Å². The van der Waals surface area contributed by atoms with Gasteiger partial charge in [-0.1, -0.05) is 13.0 Å². The molecule has 17 heavy (non-hydrogen) atoms. The van der Waals surface area contributed by atoms with Gasteiger partial charge >= 0.3 is 0 Å². The van der Waals surface area contributed by atoms with Crippen LogP contribution in [0, 0.1) is 11.7 Å². The predicted octanol–water partition coefficient (Wildman–Crippen LogP) is 3.60. The maximum absolute atomic E-state index is 13.6. The van der Waals surface area contributed by atoms with E-state index in [9.17, 15) is 9.18 Å². The SMILES string of the molecule is CC1CCC(Oc2c(F)cccc2C=O)CC1. The van der Waals surface area contributed by atoms with Crippen LogP contribution in [0.15, 0.2) is 18.2 Å². The zero-order valence-electron chi connectivity index (χ0n) is 9.99. The first-order valence-electron chi connectivity index (χ1n) is 6.11. The molecule has 2 nitrogen and oxygen atoms in total. The zero-order chi connectivity index (χ0) is 12.3. The highest BCUT2D eigenvalue weighted by atomic mass is 19.1. The van der Waals surface area contributed by atoms with Crippen molar-refractivity contribution in [2.75, 3.05) is 0 Å². The maximum atomic E-state index is 13.6. The smallest absolute Gasteiger partial charge is 0.165 e.